The molecule has 0 radical (unpaired) electrons. The van der Waals surface area contributed by atoms with E-state index in [0.29, 0.717) is 5.41 Å². The molecule has 0 spiro atoms. The normalized spacial score (nSPS) is 41.9. The van der Waals surface area contributed by atoms with Crippen LogP contribution in [-0.2, 0) is 0 Å². The summed E-state index contributed by atoms with van der Waals surface area (Å²) in [6.45, 7) is 11.6. The molecule has 14 heavy (non-hydrogen) atoms. The largest absolute Gasteiger partial charge is 0.0990 e. The van der Waals surface area contributed by atoms with Gasteiger partial charge in [0, 0.05) is 0 Å². The number of fused-ring (bicyclic) bond motifs is 1. The Bertz CT molecular complexity index is 236. The molecule has 0 N–H and O–H groups in total. The van der Waals surface area contributed by atoms with Crippen molar-refractivity contribution in [1.29, 1.82) is 0 Å². The molecule has 0 heteroatoms. The van der Waals surface area contributed by atoms with E-state index in [1.807, 2.05) is 0 Å². The Morgan fingerprint density at radius 1 is 1.21 bits per heavy atom. The van der Waals surface area contributed by atoms with Gasteiger partial charge < -0.3 is 0 Å². The lowest BCUT2D eigenvalue weighted by Crippen LogP contribution is -2.39. The zero-order chi connectivity index (χ0) is 10.3. The average molecular weight is 192 g/mol. The highest BCUT2D eigenvalue weighted by Crippen LogP contribution is 2.53. The first-order valence-corrected chi connectivity index (χ1v) is 6.22. The van der Waals surface area contributed by atoms with Crippen molar-refractivity contribution in [2.45, 2.75) is 52.9 Å². The Hall–Kier alpha value is -0.260. The topological polar surface area (TPSA) is 0 Å². The van der Waals surface area contributed by atoms with Crippen molar-refractivity contribution in [2.24, 2.45) is 23.2 Å². The van der Waals surface area contributed by atoms with Crippen LogP contribution in [0, 0.1) is 23.2 Å². The van der Waals surface area contributed by atoms with Crippen LogP contribution in [0.5, 0.6) is 0 Å². The minimum absolute atomic E-state index is 0.387. The summed E-state index contributed by atoms with van der Waals surface area (Å²) in [6, 6.07) is 0. The van der Waals surface area contributed by atoms with Crippen molar-refractivity contribution in [1.82, 2.24) is 0 Å². The van der Waals surface area contributed by atoms with E-state index in [0.717, 1.165) is 17.8 Å². The summed E-state index contributed by atoms with van der Waals surface area (Å²) in [5.74, 6) is 2.66. The quantitative estimate of drug-likeness (QED) is 0.499. The molecular weight excluding hydrogens is 168 g/mol. The van der Waals surface area contributed by atoms with Gasteiger partial charge in [0.25, 0.3) is 0 Å². The molecule has 0 heterocycles. The highest BCUT2D eigenvalue weighted by Gasteiger charge is 2.43. The molecule has 2 aliphatic carbocycles. The van der Waals surface area contributed by atoms with Gasteiger partial charge in [0.1, 0.15) is 0 Å². The summed E-state index contributed by atoms with van der Waals surface area (Å²) in [7, 11) is 0. The molecule has 2 rings (SSSR count). The Morgan fingerprint density at radius 2 is 1.86 bits per heavy atom. The van der Waals surface area contributed by atoms with Gasteiger partial charge >= 0.3 is 0 Å². The zero-order valence-electron chi connectivity index (χ0n) is 9.97. The van der Waals surface area contributed by atoms with Crippen LogP contribution < -0.4 is 0 Å². The van der Waals surface area contributed by atoms with Crippen LogP contribution >= 0.6 is 0 Å². The third-order valence-electron chi connectivity index (χ3n) is 5.07. The molecule has 0 saturated heterocycles. The van der Waals surface area contributed by atoms with E-state index < -0.39 is 0 Å². The summed E-state index contributed by atoms with van der Waals surface area (Å²) in [6.07, 6.45) is 7.21. The highest BCUT2D eigenvalue weighted by atomic mass is 14.5. The summed E-state index contributed by atoms with van der Waals surface area (Å²) >= 11 is 0. The molecular formula is C14H24. The molecule has 0 aromatic rings. The van der Waals surface area contributed by atoms with Gasteiger partial charge in [0.05, 0.1) is 0 Å². The van der Waals surface area contributed by atoms with E-state index in [2.05, 4.69) is 27.4 Å². The molecule has 0 aliphatic heterocycles. The lowest BCUT2D eigenvalue weighted by Gasteiger charge is -2.49. The van der Waals surface area contributed by atoms with Crippen molar-refractivity contribution < 1.29 is 0 Å². The van der Waals surface area contributed by atoms with Crippen molar-refractivity contribution in [3.05, 3.63) is 12.2 Å². The van der Waals surface area contributed by atoms with E-state index in [9.17, 15) is 0 Å². The zero-order valence-corrected chi connectivity index (χ0v) is 9.97. The van der Waals surface area contributed by atoms with Crippen LogP contribution in [0.4, 0.5) is 0 Å². The minimum atomic E-state index is 0.387. The smallest absolute Gasteiger partial charge is 0.0119 e. The molecule has 80 valence electrons. The molecule has 2 aliphatic rings. The van der Waals surface area contributed by atoms with Crippen molar-refractivity contribution in [2.75, 3.05) is 0 Å². The first-order chi connectivity index (χ1) is 6.53. The van der Waals surface area contributed by atoms with Crippen LogP contribution in [0.2, 0.25) is 0 Å². The van der Waals surface area contributed by atoms with Crippen molar-refractivity contribution >= 4 is 0 Å². The fourth-order valence-electron chi connectivity index (χ4n) is 3.49. The van der Waals surface area contributed by atoms with Gasteiger partial charge in [-0.15, -0.1) is 0 Å². The maximum Gasteiger partial charge on any atom is -0.0119 e. The average Bonchev–Trinajstić information content (AvgIpc) is 2.15. The maximum absolute atomic E-state index is 4.40. The van der Waals surface area contributed by atoms with Gasteiger partial charge in [-0.25, -0.2) is 0 Å². The predicted molar refractivity (Wildman–Crippen MR) is 62.2 cm³/mol. The first-order valence-electron chi connectivity index (χ1n) is 6.22. The number of rotatable bonds is 0. The molecule has 2 saturated carbocycles. The van der Waals surface area contributed by atoms with Gasteiger partial charge in [-0.2, -0.15) is 0 Å². The van der Waals surface area contributed by atoms with Crippen LogP contribution in [-0.4, -0.2) is 0 Å². The Labute approximate surface area is 88.8 Å². The SMILES string of the molecule is C=C1C2CCCCC2CC(C)C1(C)C. The molecule has 2 fully saturated rings. The minimum Gasteiger partial charge on any atom is -0.0990 e. The second-order valence-corrected chi connectivity index (χ2v) is 6.03. The highest BCUT2D eigenvalue weighted by molar-refractivity contribution is 5.18. The summed E-state index contributed by atoms with van der Waals surface area (Å²) < 4.78 is 0. The number of allylic oxidation sites excluding steroid dienone is 1. The molecule has 0 nitrogen and oxygen atoms in total. The second kappa shape index (κ2) is 3.40. The summed E-state index contributed by atoms with van der Waals surface area (Å²) in [5.41, 5.74) is 1.94. The fourth-order valence-corrected chi connectivity index (χ4v) is 3.49. The van der Waals surface area contributed by atoms with Crippen LogP contribution in [0.15, 0.2) is 12.2 Å². The van der Waals surface area contributed by atoms with E-state index in [4.69, 9.17) is 0 Å². The van der Waals surface area contributed by atoms with Crippen LogP contribution in [0.1, 0.15) is 52.9 Å². The van der Waals surface area contributed by atoms with Gasteiger partial charge in [-0.05, 0) is 42.4 Å². The van der Waals surface area contributed by atoms with E-state index >= 15 is 0 Å². The molecule has 0 aromatic carbocycles. The first kappa shape index (κ1) is 10.3. The van der Waals surface area contributed by atoms with E-state index in [1.54, 1.807) is 5.57 Å². The standard InChI is InChI=1S/C14H24/c1-10-9-12-7-5-6-8-13(12)11(2)14(10,3)4/h10,12-13H,2,5-9H2,1,3-4H3. The maximum atomic E-state index is 4.40. The molecule has 0 aromatic heterocycles. The summed E-state index contributed by atoms with van der Waals surface area (Å²) in [4.78, 5) is 0. The molecule has 3 unspecified atom stereocenters. The molecule has 0 amide bonds. The number of hydrogen-bond acceptors (Lipinski definition) is 0. The van der Waals surface area contributed by atoms with E-state index in [-0.39, 0.29) is 0 Å². The Morgan fingerprint density at radius 3 is 2.57 bits per heavy atom. The van der Waals surface area contributed by atoms with Crippen LogP contribution in [0.3, 0.4) is 0 Å². The lowest BCUT2D eigenvalue weighted by atomic mass is 9.56. The monoisotopic (exact) mass is 192 g/mol. The predicted octanol–water partition coefficient (Wildman–Crippen LogP) is 4.42. The van der Waals surface area contributed by atoms with Gasteiger partial charge in [-0.1, -0.05) is 45.8 Å². The second-order valence-electron chi connectivity index (χ2n) is 6.03. The number of hydrogen-bond donors (Lipinski definition) is 0. The third kappa shape index (κ3) is 1.43. The van der Waals surface area contributed by atoms with Crippen molar-refractivity contribution in [3.8, 4) is 0 Å². The van der Waals surface area contributed by atoms with Crippen molar-refractivity contribution in [3.63, 3.8) is 0 Å². The Balaban J connectivity index is 2.21. The van der Waals surface area contributed by atoms with Crippen LogP contribution in [0.25, 0.3) is 0 Å². The van der Waals surface area contributed by atoms with Gasteiger partial charge in [0.2, 0.25) is 0 Å². The molecule has 3 atom stereocenters. The molecule has 0 bridgehead atoms. The lowest BCUT2D eigenvalue weighted by molar-refractivity contribution is 0.100. The summed E-state index contributed by atoms with van der Waals surface area (Å²) in [5, 5.41) is 0. The van der Waals surface area contributed by atoms with E-state index in [1.165, 1.54) is 32.1 Å². The Kier molecular flexibility index (Phi) is 2.49. The van der Waals surface area contributed by atoms with Gasteiger partial charge in [-0.3, -0.25) is 0 Å². The third-order valence-corrected chi connectivity index (χ3v) is 5.07. The fraction of sp³-hybridized carbons (Fsp3) is 0.857. The van der Waals surface area contributed by atoms with Gasteiger partial charge in [0.15, 0.2) is 0 Å².